The van der Waals surface area contributed by atoms with Crippen LogP contribution in [0.4, 0.5) is 0 Å². The fourth-order valence-corrected chi connectivity index (χ4v) is 0. The third kappa shape index (κ3) is 9.03. The number of hydrogen-bond acceptors (Lipinski definition) is 2. The molecule has 4 heteroatoms. The van der Waals surface area contributed by atoms with Crippen LogP contribution in [-0.4, -0.2) is 17.6 Å². The second kappa shape index (κ2) is 4.96. The molecule has 0 aliphatic heterocycles. The van der Waals surface area contributed by atoms with Crippen LogP contribution in [0.15, 0.2) is 0 Å². The van der Waals surface area contributed by atoms with Crippen molar-refractivity contribution in [3.8, 4) is 0 Å². The molecule has 36 valence electrons. The minimum Gasteiger partial charge on any atom is -0.480 e. The zero-order valence-electron chi connectivity index (χ0n) is 3.05. The minimum absolute atomic E-state index is 0. The molecular weight excluding hydrogens is 122 g/mol. The summed E-state index contributed by atoms with van der Waals surface area (Å²) in [6.07, 6.45) is 0. The van der Waals surface area contributed by atoms with Crippen molar-refractivity contribution >= 4 is 5.97 Å². The molecule has 0 aliphatic rings. The van der Waals surface area contributed by atoms with Gasteiger partial charge in [0.1, 0.15) is 0 Å². The van der Waals surface area contributed by atoms with Crippen molar-refractivity contribution in [1.82, 2.24) is 0 Å². The summed E-state index contributed by atoms with van der Waals surface area (Å²) < 4.78 is 0. The van der Waals surface area contributed by atoms with E-state index in [1.807, 2.05) is 0 Å². The topological polar surface area (TPSA) is 63.3 Å². The van der Waals surface area contributed by atoms with Gasteiger partial charge in [-0.05, 0) is 0 Å². The number of hydrogen-bond donors (Lipinski definition) is 2. The van der Waals surface area contributed by atoms with E-state index in [0.717, 1.165) is 0 Å². The fourth-order valence-electron chi connectivity index (χ4n) is 0. The van der Waals surface area contributed by atoms with Crippen molar-refractivity contribution in [3.05, 3.63) is 0 Å². The van der Waals surface area contributed by atoms with Gasteiger partial charge in [0.05, 0.1) is 6.54 Å². The second-order valence-corrected chi connectivity index (χ2v) is 0.598. The SMILES string of the molecule is NCC(=O)O.[Cr]. The average Bonchev–Trinajstić information content (AvgIpc) is 1.38. The van der Waals surface area contributed by atoms with Gasteiger partial charge < -0.3 is 10.8 Å². The van der Waals surface area contributed by atoms with Gasteiger partial charge in [-0.15, -0.1) is 0 Å². The molecule has 0 aromatic carbocycles. The van der Waals surface area contributed by atoms with Crippen LogP contribution in [0.25, 0.3) is 0 Å². The number of rotatable bonds is 1. The summed E-state index contributed by atoms with van der Waals surface area (Å²) in [7, 11) is 0. The number of carbonyl (C=O) groups is 1. The maximum atomic E-state index is 9.24. The summed E-state index contributed by atoms with van der Waals surface area (Å²) in [6, 6.07) is 0. The van der Waals surface area contributed by atoms with Gasteiger partial charge in [-0.2, -0.15) is 0 Å². The molecule has 3 nitrogen and oxygen atoms in total. The monoisotopic (exact) mass is 127 g/mol. The molecule has 0 aliphatic carbocycles. The minimum atomic E-state index is -0.968. The fraction of sp³-hybridized carbons (Fsp3) is 0.500. The molecule has 0 radical (unpaired) electrons. The maximum absolute atomic E-state index is 9.24. The first kappa shape index (κ1) is 9.35. The van der Waals surface area contributed by atoms with Gasteiger partial charge in [-0.1, -0.05) is 0 Å². The Morgan fingerprint density at radius 2 is 2.00 bits per heavy atom. The van der Waals surface area contributed by atoms with Crippen molar-refractivity contribution < 1.29 is 27.3 Å². The van der Waals surface area contributed by atoms with E-state index in [1.54, 1.807) is 0 Å². The molecule has 6 heavy (non-hydrogen) atoms. The molecular formula is C2H5CrNO2. The summed E-state index contributed by atoms with van der Waals surface area (Å²) in [6.45, 7) is -0.278. The van der Waals surface area contributed by atoms with Crippen LogP contribution in [0.1, 0.15) is 0 Å². The van der Waals surface area contributed by atoms with Crippen molar-refractivity contribution in [1.29, 1.82) is 0 Å². The van der Waals surface area contributed by atoms with Crippen LogP contribution < -0.4 is 5.73 Å². The average molecular weight is 127 g/mol. The van der Waals surface area contributed by atoms with Crippen molar-refractivity contribution in [2.75, 3.05) is 6.54 Å². The molecule has 0 spiro atoms. The predicted molar refractivity (Wildman–Crippen MR) is 16.7 cm³/mol. The van der Waals surface area contributed by atoms with Crippen LogP contribution in [-0.2, 0) is 22.2 Å². The van der Waals surface area contributed by atoms with Crippen molar-refractivity contribution in [2.45, 2.75) is 0 Å². The molecule has 0 saturated heterocycles. The van der Waals surface area contributed by atoms with E-state index < -0.39 is 5.97 Å². The zero-order chi connectivity index (χ0) is 4.28. The van der Waals surface area contributed by atoms with E-state index in [-0.39, 0.29) is 23.9 Å². The summed E-state index contributed by atoms with van der Waals surface area (Å²) in [5, 5.41) is 7.60. The normalized spacial score (nSPS) is 6.17. The Morgan fingerprint density at radius 3 is 2.00 bits per heavy atom. The molecule has 0 fully saturated rings. The van der Waals surface area contributed by atoms with E-state index in [2.05, 4.69) is 5.73 Å². The zero-order valence-corrected chi connectivity index (χ0v) is 4.32. The molecule has 0 unspecified atom stereocenters. The van der Waals surface area contributed by atoms with E-state index in [9.17, 15) is 4.79 Å². The van der Waals surface area contributed by atoms with Crippen LogP contribution >= 0.6 is 0 Å². The molecule has 0 rings (SSSR count). The second-order valence-electron chi connectivity index (χ2n) is 0.598. The molecule has 0 aromatic heterocycles. The number of carboxylic acids is 1. The summed E-state index contributed by atoms with van der Waals surface area (Å²) >= 11 is 0. The first-order valence-electron chi connectivity index (χ1n) is 1.19. The summed E-state index contributed by atoms with van der Waals surface area (Å²) in [5.41, 5.74) is 4.57. The third-order valence-corrected chi connectivity index (χ3v) is 0.175. The van der Waals surface area contributed by atoms with Gasteiger partial charge in [0.2, 0.25) is 0 Å². The van der Waals surface area contributed by atoms with Gasteiger partial charge in [0.15, 0.2) is 0 Å². The van der Waals surface area contributed by atoms with E-state index >= 15 is 0 Å². The quantitative estimate of drug-likeness (QED) is 0.476. The number of carboxylic acid groups (broad SMARTS) is 1. The van der Waals surface area contributed by atoms with E-state index in [4.69, 9.17) is 5.11 Å². The van der Waals surface area contributed by atoms with Crippen LogP contribution in [0.3, 0.4) is 0 Å². The molecule has 0 bridgehead atoms. The Hall–Kier alpha value is -0.0375. The number of nitrogens with two attached hydrogens (primary N) is 1. The first-order valence-corrected chi connectivity index (χ1v) is 1.19. The first-order chi connectivity index (χ1) is 2.27. The van der Waals surface area contributed by atoms with E-state index in [0.29, 0.717) is 0 Å². The predicted octanol–water partition coefficient (Wildman–Crippen LogP) is -0.973. The Balaban J connectivity index is 0. The van der Waals surface area contributed by atoms with Crippen molar-refractivity contribution in [2.24, 2.45) is 5.73 Å². The van der Waals surface area contributed by atoms with Gasteiger partial charge in [-0.3, -0.25) is 4.79 Å². The Bertz CT molecular complexity index is 46.8. The molecule has 0 aromatic rings. The Kier molecular flexibility index (Phi) is 7.73. The standard InChI is InChI=1S/C2H5NO2.Cr/c3-1-2(4)5;/h1,3H2,(H,4,5);. The van der Waals surface area contributed by atoms with Crippen molar-refractivity contribution in [3.63, 3.8) is 0 Å². The third-order valence-electron chi connectivity index (χ3n) is 0.175. The van der Waals surface area contributed by atoms with Gasteiger partial charge in [-0.25, -0.2) is 0 Å². The Labute approximate surface area is 46.3 Å². The van der Waals surface area contributed by atoms with Gasteiger partial charge in [0, 0.05) is 17.4 Å². The maximum Gasteiger partial charge on any atom is 0.317 e. The molecule has 0 amide bonds. The molecule has 0 heterocycles. The largest absolute Gasteiger partial charge is 0.480 e. The molecule has 0 saturated carbocycles. The molecule has 0 atom stereocenters. The number of aliphatic carboxylic acids is 1. The molecule has 3 N–H and O–H groups in total. The smallest absolute Gasteiger partial charge is 0.317 e. The van der Waals surface area contributed by atoms with Crippen LogP contribution in [0.5, 0.6) is 0 Å². The van der Waals surface area contributed by atoms with Gasteiger partial charge in [0.25, 0.3) is 0 Å². The van der Waals surface area contributed by atoms with Crippen LogP contribution in [0.2, 0.25) is 0 Å². The van der Waals surface area contributed by atoms with Crippen LogP contribution in [0, 0.1) is 0 Å². The van der Waals surface area contributed by atoms with E-state index in [1.165, 1.54) is 0 Å². The van der Waals surface area contributed by atoms with Gasteiger partial charge >= 0.3 is 5.97 Å². The Morgan fingerprint density at radius 1 is 1.83 bits per heavy atom. The summed E-state index contributed by atoms with van der Waals surface area (Å²) in [5.74, 6) is -0.968. The summed E-state index contributed by atoms with van der Waals surface area (Å²) in [4.78, 5) is 9.24.